The molecule has 2 heterocycles. The van der Waals surface area contributed by atoms with Gasteiger partial charge in [0.05, 0.1) is 6.54 Å². The standard InChI is InChI=1S/C19H24N4OS/c1-2-20-19(22-13-16-9-11-25-14-16)21-12-15-5-7-17(8-6-15)23-10-3-4-18(23)24/h5-9,11,14H,2-4,10,12-13H2,1H3,(H2,20,21,22). The van der Waals surface area contributed by atoms with E-state index in [4.69, 9.17) is 0 Å². The summed E-state index contributed by atoms with van der Waals surface area (Å²) in [6.07, 6.45) is 1.62. The molecule has 1 fully saturated rings. The summed E-state index contributed by atoms with van der Waals surface area (Å²) < 4.78 is 0. The van der Waals surface area contributed by atoms with Crippen molar-refractivity contribution >= 4 is 28.9 Å². The van der Waals surface area contributed by atoms with Gasteiger partial charge in [-0.3, -0.25) is 4.79 Å². The van der Waals surface area contributed by atoms with Gasteiger partial charge in [0, 0.05) is 31.7 Å². The maximum absolute atomic E-state index is 11.8. The van der Waals surface area contributed by atoms with E-state index in [0.717, 1.165) is 36.7 Å². The highest BCUT2D eigenvalue weighted by Gasteiger charge is 2.21. The fourth-order valence-electron chi connectivity index (χ4n) is 2.80. The minimum Gasteiger partial charge on any atom is -0.357 e. The topological polar surface area (TPSA) is 56.7 Å². The predicted molar refractivity (Wildman–Crippen MR) is 104 cm³/mol. The molecule has 2 aromatic rings. The molecular weight excluding hydrogens is 332 g/mol. The molecule has 1 amide bonds. The number of carbonyl (C=O) groups is 1. The Morgan fingerprint density at radius 2 is 2.04 bits per heavy atom. The Labute approximate surface area is 152 Å². The lowest BCUT2D eigenvalue weighted by Gasteiger charge is -2.16. The van der Waals surface area contributed by atoms with Crippen molar-refractivity contribution in [2.45, 2.75) is 32.9 Å². The number of rotatable bonds is 6. The highest BCUT2D eigenvalue weighted by Crippen LogP contribution is 2.21. The lowest BCUT2D eigenvalue weighted by Crippen LogP contribution is -2.36. The number of benzene rings is 1. The SMILES string of the molecule is CCNC(=NCc1ccsc1)NCc1ccc(N2CCCC2=O)cc1. The second-order valence-corrected chi connectivity index (χ2v) is 6.78. The fourth-order valence-corrected chi connectivity index (χ4v) is 3.46. The van der Waals surface area contributed by atoms with Crippen LogP contribution in [0.1, 0.15) is 30.9 Å². The summed E-state index contributed by atoms with van der Waals surface area (Å²) >= 11 is 1.69. The van der Waals surface area contributed by atoms with Gasteiger partial charge >= 0.3 is 0 Å². The van der Waals surface area contributed by atoms with E-state index in [0.29, 0.717) is 19.5 Å². The van der Waals surface area contributed by atoms with Crippen molar-refractivity contribution in [3.05, 3.63) is 52.2 Å². The molecule has 0 spiro atoms. The summed E-state index contributed by atoms with van der Waals surface area (Å²) in [5.74, 6) is 1.04. The molecule has 2 N–H and O–H groups in total. The molecule has 1 aliphatic rings. The normalized spacial score (nSPS) is 14.8. The van der Waals surface area contributed by atoms with Crippen LogP contribution in [0, 0.1) is 0 Å². The number of anilines is 1. The molecule has 1 aromatic heterocycles. The number of amides is 1. The van der Waals surface area contributed by atoms with E-state index < -0.39 is 0 Å². The number of aliphatic imine (C=N–C) groups is 1. The van der Waals surface area contributed by atoms with Gasteiger partial charge in [-0.1, -0.05) is 12.1 Å². The van der Waals surface area contributed by atoms with Crippen LogP contribution < -0.4 is 15.5 Å². The molecule has 0 saturated carbocycles. The van der Waals surface area contributed by atoms with Crippen molar-refractivity contribution in [1.82, 2.24) is 10.6 Å². The van der Waals surface area contributed by atoms with Crippen LogP contribution in [0.4, 0.5) is 5.69 Å². The number of thiophene rings is 1. The first-order chi connectivity index (χ1) is 12.3. The number of nitrogens with zero attached hydrogens (tertiary/aromatic N) is 2. The lowest BCUT2D eigenvalue weighted by molar-refractivity contribution is -0.117. The molecule has 0 atom stereocenters. The van der Waals surface area contributed by atoms with E-state index in [2.05, 4.69) is 51.5 Å². The van der Waals surface area contributed by atoms with Crippen molar-refractivity contribution in [3.8, 4) is 0 Å². The van der Waals surface area contributed by atoms with Gasteiger partial charge in [-0.25, -0.2) is 4.99 Å². The Morgan fingerprint density at radius 1 is 1.20 bits per heavy atom. The van der Waals surface area contributed by atoms with E-state index in [1.165, 1.54) is 5.56 Å². The first kappa shape index (κ1) is 17.5. The number of hydrogen-bond donors (Lipinski definition) is 2. The molecule has 0 bridgehead atoms. The molecule has 6 heteroatoms. The molecule has 1 aliphatic heterocycles. The molecule has 3 rings (SSSR count). The average molecular weight is 356 g/mol. The van der Waals surface area contributed by atoms with Crippen LogP contribution in [-0.2, 0) is 17.9 Å². The molecule has 5 nitrogen and oxygen atoms in total. The zero-order chi connectivity index (χ0) is 17.5. The number of nitrogens with one attached hydrogen (secondary N) is 2. The Balaban J connectivity index is 1.56. The van der Waals surface area contributed by atoms with Crippen LogP contribution in [0.5, 0.6) is 0 Å². The highest BCUT2D eigenvalue weighted by molar-refractivity contribution is 7.07. The summed E-state index contributed by atoms with van der Waals surface area (Å²) in [5.41, 5.74) is 3.38. The Hall–Kier alpha value is -2.34. The van der Waals surface area contributed by atoms with Gasteiger partial charge in [-0.2, -0.15) is 11.3 Å². The third-order valence-electron chi connectivity index (χ3n) is 4.13. The first-order valence-electron chi connectivity index (χ1n) is 8.69. The summed E-state index contributed by atoms with van der Waals surface area (Å²) in [6, 6.07) is 10.3. The Kier molecular flexibility index (Phi) is 6.06. The smallest absolute Gasteiger partial charge is 0.227 e. The molecule has 0 aliphatic carbocycles. The van der Waals surface area contributed by atoms with Crippen LogP contribution in [-0.4, -0.2) is 25.0 Å². The van der Waals surface area contributed by atoms with E-state index in [9.17, 15) is 4.79 Å². The van der Waals surface area contributed by atoms with Crippen molar-refractivity contribution < 1.29 is 4.79 Å². The molecule has 0 unspecified atom stereocenters. The lowest BCUT2D eigenvalue weighted by atomic mass is 10.2. The second-order valence-electron chi connectivity index (χ2n) is 6.00. The zero-order valence-electron chi connectivity index (χ0n) is 14.5. The maximum atomic E-state index is 11.8. The third kappa shape index (κ3) is 4.82. The van der Waals surface area contributed by atoms with Crippen LogP contribution in [0.3, 0.4) is 0 Å². The van der Waals surface area contributed by atoms with E-state index >= 15 is 0 Å². The van der Waals surface area contributed by atoms with Crippen LogP contribution in [0.25, 0.3) is 0 Å². The molecular formula is C19H24N4OS. The van der Waals surface area contributed by atoms with E-state index in [1.54, 1.807) is 11.3 Å². The van der Waals surface area contributed by atoms with Gasteiger partial charge in [-0.15, -0.1) is 0 Å². The van der Waals surface area contributed by atoms with Crippen molar-refractivity contribution in [2.24, 2.45) is 4.99 Å². The van der Waals surface area contributed by atoms with Gasteiger partial charge in [0.2, 0.25) is 5.91 Å². The molecule has 132 valence electrons. The highest BCUT2D eigenvalue weighted by atomic mass is 32.1. The summed E-state index contributed by atoms with van der Waals surface area (Å²) in [4.78, 5) is 18.3. The van der Waals surface area contributed by atoms with Gasteiger partial charge in [0.1, 0.15) is 0 Å². The molecule has 1 aromatic carbocycles. The predicted octanol–water partition coefficient (Wildman–Crippen LogP) is 3.13. The van der Waals surface area contributed by atoms with Gasteiger partial charge < -0.3 is 15.5 Å². The van der Waals surface area contributed by atoms with Crippen molar-refractivity contribution in [1.29, 1.82) is 0 Å². The third-order valence-corrected chi connectivity index (χ3v) is 4.86. The largest absolute Gasteiger partial charge is 0.357 e. The number of carbonyl (C=O) groups excluding carboxylic acids is 1. The number of guanidine groups is 1. The number of hydrogen-bond acceptors (Lipinski definition) is 3. The van der Waals surface area contributed by atoms with Crippen LogP contribution in [0.2, 0.25) is 0 Å². The van der Waals surface area contributed by atoms with Gasteiger partial charge in [0.25, 0.3) is 0 Å². The monoisotopic (exact) mass is 356 g/mol. The van der Waals surface area contributed by atoms with Gasteiger partial charge in [0.15, 0.2) is 5.96 Å². The maximum Gasteiger partial charge on any atom is 0.227 e. The minimum atomic E-state index is 0.223. The summed E-state index contributed by atoms with van der Waals surface area (Å²) in [6.45, 7) is 5.09. The second kappa shape index (κ2) is 8.67. The Morgan fingerprint density at radius 3 is 2.68 bits per heavy atom. The summed E-state index contributed by atoms with van der Waals surface area (Å²) in [7, 11) is 0. The van der Waals surface area contributed by atoms with Crippen LogP contribution >= 0.6 is 11.3 Å². The van der Waals surface area contributed by atoms with Crippen molar-refractivity contribution in [2.75, 3.05) is 18.0 Å². The quantitative estimate of drug-likeness (QED) is 0.618. The minimum absolute atomic E-state index is 0.223. The van der Waals surface area contributed by atoms with E-state index in [-0.39, 0.29) is 5.91 Å². The fraction of sp³-hybridized carbons (Fsp3) is 0.368. The van der Waals surface area contributed by atoms with Gasteiger partial charge in [-0.05, 0) is 53.4 Å². The Bertz CT molecular complexity index is 710. The van der Waals surface area contributed by atoms with Crippen molar-refractivity contribution in [3.63, 3.8) is 0 Å². The summed E-state index contributed by atoms with van der Waals surface area (Å²) in [5, 5.41) is 10.8. The molecule has 0 radical (unpaired) electrons. The molecule has 25 heavy (non-hydrogen) atoms. The van der Waals surface area contributed by atoms with Crippen LogP contribution in [0.15, 0.2) is 46.1 Å². The zero-order valence-corrected chi connectivity index (χ0v) is 15.3. The van der Waals surface area contributed by atoms with E-state index in [1.807, 2.05) is 17.0 Å². The average Bonchev–Trinajstić information content (AvgIpc) is 3.29. The molecule has 1 saturated heterocycles. The first-order valence-corrected chi connectivity index (χ1v) is 9.63.